The number of ether oxygens (including phenoxy) is 1. The molecule has 0 spiro atoms. The van der Waals surface area contributed by atoms with E-state index in [4.69, 9.17) is 9.84 Å². The molecule has 0 aliphatic carbocycles. The maximum atomic E-state index is 13.7. The molecule has 1 aromatic heterocycles. The first-order chi connectivity index (χ1) is 10.6. The van der Waals surface area contributed by atoms with Crippen LogP contribution in [-0.2, 0) is 0 Å². The van der Waals surface area contributed by atoms with E-state index in [-0.39, 0.29) is 29.9 Å². The van der Waals surface area contributed by atoms with Crippen LogP contribution in [0.2, 0.25) is 0 Å². The highest BCUT2D eigenvalue weighted by Gasteiger charge is 2.13. The minimum Gasteiger partial charge on any atom is -0.436 e. The fourth-order valence-electron chi connectivity index (χ4n) is 1.56. The minimum absolute atomic E-state index is 0.0389. The molecule has 0 bridgehead atoms. The first kappa shape index (κ1) is 15.6. The molecular weight excluding hydrogens is 295 g/mol. The summed E-state index contributed by atoms with van der Waals surface area (Å²) in [5.74, 6) is -0.671. The van der Waals surface area contributed by atoms with Gasteiger partial charge in [0.15, 0.2) is 11.6 Å². The number of aliphatic hydroxyl groups excluding tert-OH is 1. The Labute approximate surface area is 124 Å². The van der Waals surface area contributed by atoms with E-state index in [2.05, 4.69) is 15.3 Å². The standard InChI is InChI=1S/C13H13FN4O4/c14-10-8-9(18(20)21)2-3-11(10)22-12-4-6-16-13(17-12)15-5-1-7-19/h2-4,6,8,19H,1,5,7H2,(H,15,16,17). The summed E-state index contributed by atoms with van der Waals surface area (Å²) in [4.78, 5) is 17.8. The van der Waals surface area contributed by atoms with E-state index in [0.717, 1.165) is 18.2 Å². The summed E-state index contributed by atoms with van der Waals surface area (Å²) in [6.07, 6.45) is 1.96. The zero-order valence-electron chi connectivity index (χ0n) is 11.4. The van der Waals surface area contributed by atoms with Gasteiger partial charge in [0.25, 0.3) is 5.69 Å². The average Bonchev–Trinajstić information content (AvgIpc) is 2.50. The lowest BCUT2D eigenvalue weighted by Gasteiger charge is -2.07. The fraction of sp³-hybridized carbons (Fsp3) is 0.231. The van der Waals surface area contributed by atoms with E-state index in [1.165, 1.54) is 12.3 Å². The summed E-state index contributed by atoms with van der Waals surface area (Å²) in [6, 6.07) is 4.50. The van der Waals surface area contributed by atoms with Crippen LogP contribution in [0.4, 0.5) is 16.0 Å². The molecule has 0 saturated heterocycles. The van der Waals surface area contributed by atoms with Crippen LogP contribution in [0, 0.1) is 15.9 Å². The molecule has 2 rings (SSSR count). The first-order valence-electron chi connectivity index (χ1n) is 6.39. The second-order valence-electron chi connectivity index (χ2n) is 4.20. The molecule has 0 unspecified atom stereocenters. The maximum Gasteiger partial charge on any atom is 0.272 e. The quantitative estimate of drug-likeness (QED) is 0.458. The molecule has 1 heterocycles. The number of aromatic nitrogens is 2. The highest BCUT2D eigenvalue weighted by Crippen LogP contribution is 2.26. The van der Waals surface area contributed by atoms with Crippen LogP contribution in [0.25, 0.3) is 0 Å². The summed E-state index contributed by atoms with van der Waals surface area (Å²) < 4.78 is 19.0. The number of benzene rings is 1. The van der Waals surface area contributed by atoms with Crippen molar-refractivity contribution in [1.82, 2.24) is 9.97 Å². The van der Waals surface area contributed by atoms with E-state index in [1.54, 1.807) is 0 Å². The number of nitro benzene ring substituents is 1. The smallest absolute Gasteiger partial charge is 0.272 e. The van der Waals surface area contributed by atoms with Crippen LogP contribution in [0.3, 0.4) is 0 Å². The molecule has 2 N–H and O–H groups in total. The monoisotopic (exact) mass is 308 g/mol. The summed E-state index contributed by atoms with van der Waals surface area (Å²) in [5.41, 5.74) is -0.362. The van der Waals surface area contributed by atoms with Gasteiger partial charge in [-0.1, -0.05) is 0 Å². The van der Waals surface area contributed by atoms with E-state index in [1.807, 2.05) is 0 Å². The van der Waals surface area contributed by atoms with Crippen molar-refractivity contribution in [2.75, 3.05) is 18.5 Å². The highest BCUT2D eigenvalue weighted by molar-refractivity contribution is 5.39. The number of nitrogens with one attached hydrogen (secondary N) is 1. The Balaban J connectivity index is 2.10. The fourth-order valence-corrected chi connectivity index (χ4v) is 1.56. The Morgan fingerprint density at radius 3 is 2.91 bits per heavy atom. The SMILES string of the molecule is O=[N+]([O-])c1ccc(Oc2ccnc(NCCCO)n2)c(F)c1. The lowest BCUT2D eigenvalue weighted by molar-refractivity contribution is -0.385. The third-order valence-electron chi connectivity index (χ3n) is 2.59. The molecule has 22 heavy (non-hydrogen) atoms. The molecule has 0 aliphatic rings. The molecular formula is C13H13FN4O4. The number of aliphatic hydroxyl groups is 1. The molecule has 0 atom stereocenters. The zero-order chi connectivity index (χ0) is 15.9. The van der Waals surface area contributed by atoms with Crippen LogP contribution in [-0.4, -0.2) is 33.1 Å². The zero-order valence-corrected chi connectivity index (χ0v) is 11.4. The normalized spacial score (nSPS) is 10.3. The van der Waals surface area contributed by atoms with Crippen molar-refractivity contribution in [3.63, 3.8) is 0 Å². The Hall–Kier alpha value is -2.81. The van der Waals surface area contributed by atoms with Gasteiger partial charge in [-0.05, 0) is 12.5 Å². The van der Waals surface area contributed by atoms with Gasteiger partial charge < -0.3 is 15.2 Å². The Bertz CT molecular complexity index is 668. The van der Waals surface area contributed by atoms with Gasteiger partial charge in [-0.2, -0.15) is 4.98 Å². The lowest BCUT2D eigenvalue weighted by atomic mass is 10.3. The van der Waals surface area contributed by atoms with Gasteiger partial charge >= 0.3 is 0 Å². The molecule has 116 valence electrons. The minimum atomic E-state index is -0.859. The maximum absolute atomic E-state index is 13.7. The predicted octanol–water partition coefficient (Wildman–Crippen LogP) is 2.11. The van der Waals surface area contributed by atoms with Crippen molar-refractivity contribution in [3.8, 4) is 11.6 Å². The number of nitro groups is 1. The Morgan fingerprint density at radius 2 is 2.23 bits per heavy atom. The van der Waals surface area contributed by atoms with Gasteiger partial charge in [-0.3, -0.25) is 10.1 Å². The van der Waals surface area contributed by atoms with Gasteiger partial charge in [-0.25, -0.2) is 9.37 Å². The van der Waals surface area contributed by atoms with Crippen LogP contribution < -0.4 is 10.1 Å². The summed E-state index contributed by atoms with van der Waals surface area (Å²) in [7, 11) is 0. The number of anilines is 1. The van der Waals surface area contributed by atoms with Crippen molar-refractivity contribution >= 4 is 11.6 Å². The van der Waals surface area contributed by atoms with Crippen LogP contribution in [0.1, 0.15) is 6.42 Å². The van der Waals surface area contributed by atoms with E-state index in [9.17, 15) is 14.5 Å². The van der Waals surface area contributed by atoms with Gasteiger partial charge in [-0.15, -0.1) is 0 Å². The summed E-state index contributed by atoms with van der Waals surface area (Å²) >= 11 is 0. The number of nitrogens with zero attached hydrogens (tertiary/aromatic N) is 3. The van der Waals surface area contributed by atoms with Crippen molar-refractivity contribution in [3.05, 3.63) is 46.4 Å². The van der Waals surface area contributed by atoms with Crippen molar-refractivity contribution < 1.29 is 19.2 Å². The molecule has 9 heteroatoms. The van der Waals surface area contributed by atoms with Crippen LogP contribution >= 0.6 is 0 Å². The average molecular weight is 308 g/mol. The molecule has 1 aromatic carbocycles. The number of halogens is 1. The van der Waals surface area contributed by atoms with Crippen molar-refractivity contribution in [1.29, 1.82) is 0 Å². The van der Waals surface area contributed by atoms with E-state index >= 15 is 0 Å². The second-order valence-corrected chi connectivity index (χ2v) is 4.20. The molecule has 0 amide bonds. The van der Waals surface area contributed by atoms with E-state index in [0.29, 0.717) is 13.0 Å². The van der Waals surface area contributed by atoms with Gasteiger partial charge in [0.1, 0.15) is 0 Å². The molecule has 0 aliphatic heterocycles. The van der Waals surface area contributed by atoms with Crippen molar-refractivity contribution in [2.24, 2.45) is 0 Å². The van der Waals surface area contributed by atoms with Gasteiger partial charge in [0.05, 0.1) is 11.0 Å². The largest absolute Gasteiger partial charge is 0.436 e. The number of hydrogen-bond acceptors (Lipinski definition) is 7. The van der Waals surface area contributed by atoms with Crippen molar-refractivity contribution in [2.45, 2.75) is 6.42 Å². The summed E-state index contributed by atoms with van der Waals surface area (Å²) in [5, 5.41) is 22.1. The van der Waals surface area contributed by atoms with E-state index < -0.39 is 10.7 Å². The third kappa shape index (κ3) is 4.09. The summed E-state index contributed by atoms with van der Waals surface area (Å²) in [6.45, 7) is 0.517. The Kier molecular flexibility index (Phi) is 5.15. The first-order valence-corrected chi connectivity index (χ1v) is 6.39. The van der Waals surface area contributed by atoms with Crippen LogP contribution in [0.5, 0.6) is 11.6 Å². The number of non-ortho nitro benzene ring substituents is 1. The van der Waals surface area contributed by atoms with Gasteiger partial charge in [0.2, 0.25) is 11.8 Å². The lowest BCUT2D eigenvalue weighted by Crippen LogP contribution is -2.07. The topological polar surface area (TPSA) is 110 Å². The second kappa shape index (κ2) is 7.27. The third-order valence-corrected chi connectivity index (χ3v) is 2.59. The molecule has 2 aromatic rings. The molecule has 0 fully saturated rings. The number of rotatable bonds is 7. The highest BCUT2D eigenvalue weighted by atomic mass is 19.1. The van der Waals surface area contributed by atoms with Crippen LogP contribution in [0.15, 0.2) is 30.5 Å². The number of hydrogen-bond donors (Lipinski definition) is 2. The molecule has 0 radical (unpaired) electrons. The molecule has 0 saturated carbocycles. The Morgan fingerprint density at radius 1 is 1.41 bits per heavy atom. The van der Waals surface area contributed by atoms with Gasteiger partial charge in [0, 0.05) is 31.5 Å². The molecule has 8 nitrogen and oxygen atoms in total. The predicted molar refractivity (Wildman–Crippen MR) is 75.4 cm³/mol.